The van der Waals surface area contributed by atoms with Crippen molar-refractivity contribution in [1.82, 2.24) is 10.2 Å². The molecule has 2 rings (SSSR count). The molecule has 1 heterocycles. The van der Waals surface area contributed by atoms with E-state index >= 15 is 0 Å². The summed E-state index contributed by atoms with van der Waals surface area (Å²) in [7, 11) is 0. The molecule has 146 valence electrons. The van der Waals surface area contributed by atoms with Gasteiger partial charge in [-0.25, -0.2) is 4.39 Å². The number of nitrogens with zero attached hydrogens (tertiary/aromatic N) is 1. The van der Waals surface area contributed by atoms with Gasteiger partial charge in [-0.05, 0) is 37.5 Å². The van der Waals surface area contributed by atoms with Crippen molar-refractivity contribution in [3.63, 3.8) is 0 Å². The summed E-state index contributed by atoms with van der Waals surface area (Å²) in [5.74, 6) is -2.64. The lowest BCUT2D eigenvalue weighted by Crippen LogP contribution is -2.46. The Balaban J connectivity index is 1.90. The van der Waals surface area contributed by atoms with E-state index in [1.54, 1.807) is 4.90 Å². The number of hydrogen-bond donors (Lipinski definition) is 2. The average molecular weight is 417 g/mol. The third kappa shape index (κ3) is 5.43. The molecule has 1 fully saturated rings. The van der Waals surface area contributed by atoms with Crippen LogP contribution in [0.2, 0.25) is 10.0 Å². The van der Waals surface area contributed by atoms with Crippen LogP contribution >= 0.6 is 23.2 Å². The quantitative estimate of drug-likeness (QED) is 0.570. The van der Waals surface area contributed by atoms with Gasteiger partial charge in [-0.15, -0.1) is 0 Å². The van der Waals surface area contributed by atoms with Crippen molar-refractivity contribution in [3.8, 4) is 0 Å². The highest BCUT2D eigenvalue weighted by atomic mass is 35.5. The van der Waals surface area contributed by atoms with Crippen LogP contribution in [-0.4, -0.2) is 46.9 Å². The van der Waals surface area contributed by atoms with Gasteiger partial charge in [0.05, 0.1) is 10.0 Å². The molecule has 2 amide bonds. The van der Waals surface area contributed by atoms with Gasteiger partial charge in [0.25, 0.3) is 0 Å². The number of rotatable bonds is 5. The number of carbonyl (C=O) groups excluding carboxylic acids is 2. The van der Waals surface area contributed by atoms with Crippen molar-refractivity contribution < 1.29 is 23.9 Å². The van der Waals surface area contributed by atoms with Crippen LogP contribution in [0.4, 0.5) is 4.39 Å². The Kier molecular flexibility index (Phi) is 7.21. The average Bonchev–Trinajstić information content (AvgIpc) is 2.65. The summed E-state index contributed by atoms with van der Waals surface area (Å²) in [6.07, 6.45) is 3.67. The topological polar surface area (TPSA) is 86.7 Å². The molecule has 9 heteroatoms. The maximum atomic E-state index is 13.3. The zero-order valence-corrected chi connectivity index (χ0v) is 16.1. The molecule has 6 nitrogen and oxygen atoms in total. The minimum atomic E-state index is -1.10. The minimum absolute atomic E-state index is 0.0312. The SMILES string of the molecule is CC(NC(=O)C1CCN(C(=O)C=Cc2ccc(F)c(Cl)c2Cl)CC1)C(=O)O. The van der Waals surface area contributed by atoms with Crippen molar-refractivity contribution in [2.75, 3.05) is 13.1 Å². The van der Waals surface area contributed by atoms with Gasteiger partial charge in [0.1, 0.15) is 11.9 Å². The van der Waals surface area contributed by atoms with Gasteiger partial charge in [0.2, 0.25) is 11.8 Å². The predicted octanol–water partition coefficient (Wildman–Crippen LogP) is 2.97. The second-order valence-electron chi connectivity index (χ2n) is 6.27. The van der Waals surface area contributed by atoms with Gasteiger partial charge in [-0.3, -0.25) is 14.4 Å². The molecule has 1 saturated heterocycles. The lowest BCUT2D eigenvalue weighted by Gasteiger charge is -2.31. The van der Waals surface area contributed by atoms with E-state index in [-0.39, 0.29) is 27.8 Å². The lowest BCUT2D eigenvalue weighted by molar-refractivity contribution is -0.142. The van der Waals surface area contributed by atoms with Crippen LogP contribution in [0, 0.1) is 11.7 Å². The van der Waals surface area contributed by atoms with E-state index in [0.29, 0.717) is 31.5 Å². The van der Waals surface area contributed by atoms with E-state index in [1.165, 1.54) is 31.2 Å². The number of amides is 2. The molecule has 0 aliphatic carbocycles. The van der Waals surface area contributed by atoms with E-state index in [1.807, 2.05) is 0 Å². The van der Waals surface area contributed by atoms with Crippen LogP contribution in [0.15, 0.2) is 18.2 Å². The fraction of sp³-hybridized carbons (Fsp3) is 0.389. The molecule has 1 aromatic carbocycles. The molecule has 0 saturated carbocycles. The van der Waals surface area contributed by atoms with E-state index in [4.69, 9.17) is 28.3 Å². The maximum absolute atomic E-state index is 13.3. The number of nitrogens with one attached hydrogen (secondary N) is 1. The van der Waals surface area contributed by atoms with E-state index < -0.39 is 17.8 Å². The van der Waals surface area contributed by atoms with Crippen LogP contribution < -0.4 is 5.32 Å². The lowest BCUT2D eigenvalue weighted by atomic mass is 9.95. The number of piperidine rings is 1. The van der Waals surface area contributed by atoms with Gasteiger partial charge >= 0.3 is 5.97 Å². The molecule has 0 aromatic heterocycles. The molecule has 0 radical (unpaired) electrons. The van der Waals surface area contributed by atoms with Crippen molar-refractivity contribution >= 4 is 47.1 Å². The first-order valence-corrected chi connectivity index (χ1v) is 9.10. The van der Waals surface area contributed by atoms with Gasteiger partial charge in [-0.1, -0.05) is 29.3 Å². The molecule has 0 bridgehead atoms. The molecular formula is C18H19Cl2FN2O4. The molecule has 0 spiro atoms. The third-order valence-electron chi connectivity index (χ3n) is 4.38. The Morgan fingerprint density at radius 1 is 1.26 bits per heavy atom. The zero-order chi connectivity index (χ0) is 20.1. The molecule has 1 atom stereocenters. The summed E-state index contributed by atoms with van der Waals surface area (Å²) in [5, 5.41) is 11.1. The fourth-order valence-electron chi connectivity index (χ4n) is 2.69. The number of carbonyl (C=O) groups is 3. The van der Waals surface area contributed by atoms with Crippen LogP contribution in [0.3, 0.4) is 0 Å². The first-order chi connectivity index (χ1) is 12.7. The Bertz CT molecular complexity index is 777. The zero-order valence-electron chi connectivity index (χ0n) is 14.5. The van der Waals surface area contributed by atoms with Crippen LogP contribution in [0.1, 0.15) is 25.3 Å². The van der Waals surface area contributed by atoms with Crippen LogP contribution in [-0.2, 0) is 14.4 Å². The third-order valence-corrected chi connectivity index (χ3v) is 5.25. The summed E-state index contributed by atoms with van der Waals surface area (Å²) in [6.45, 7) is 2.15. The molecular weight excluding hydrogens is 398 g/mol. The van der Waals surface area contributed by atoms with E-state index in [2.05, 4.69) is 5.32 Å². The first-order valence-electron chi connectivity index (χ1n) is 8.34. The minimum Gasteiger partial charge on any atom is -0.480 e. The second kappa shape index (κ2) is 9.19. The second-order valence-corrected chi connectivity index (χ2v) is 7.02. The van der Waals surface area contributed by atoms with Crippen molar-refractivity contribution in [2.45, 2.75) is 25.8 Å². The Hall–Kier alpha value is -2.12. The van der Waals surface area contributed by atoms with Crippen LogP contribution in [0.5, 0.6) is 0 Å². The standard InChI is InChI=1S/C18H19Cl2FN2O4/c1-10(18(26)27)22-17(25)12-6-8-23(9-7-12)14(24)5-3-11-2-4-13(21)16(20)15(11)19/h2-5,10,12H,6-9H2,1H3,(H,22,25)(H,26,27). The number of carboxylic acid groups (broad SMARTS) is 1. The van der Waals surface area contributed by atoms with Crippen molar-refractivity contribution in [3.05, 3.63) is 39.6 Å². The Morgan fingerprint density at radius 3 is 2.48 bits per heavy atom. The number of hydrogen-bond acceptors (Lipinski definition) is 3. The summed E-state index contributed by atoms with van der Waals surface area (Å²) < 4.78 is 13.3. The normalized spacial score (nSPS) is 16.4. The van der Waals surface area contributed by atoms with E-state index in [0.717, 1.165) is 0 Å². The summed E-state index contributed by atoms with van der Waals surface area (Å²) in [4.78, 5) is 36.7. The monoisotopic (exact) mass is 416 g/mol. The molecule has 2 N–H and O–H groups in total. The van der Waals surface area contributed by atoms with Gasteiger partial charge in [-0.2, -0.15) is 0 Å². The smallest absolute Gasteiger partial charge is 0.325 e. The summed E-state index contributed by atoms with van der Waals surface area (Å²) in [6, 6.07) is 1.64. The number of benzene rings is 1. The Labute approximate surface area is 165 Å². The fourth-order valence-corrected chi connectivity index (χ4v) is 3.08. The number of likely N-dealkylation sites (tertiary alicyclic amines) is 1. The van der Waals surface area contributed by atoms with Gasteiger partial charge < -0.3 is 15.3 Å². The molecule has 1 unspecified atom stereocenters. The largest absolute Gasteiger partial charge is 0.480 e. The first kappa shape index (κ1) is 21.2. The van der Waals surface area contributed by atoms with Gasteiger partial charge in [0.15, 0.2) is 0 Å². The molecule has 1 aromatic rings. The Morgan fingerprint density at radius 2 is 1.89 bits per heavy atom. The number of carboxylic acids is 1. The van der Waals surface area contributed by atoms with Crippen molar-refractivity contribution in [2.24, 2.45) is 5.92 Å². The maximum Gasteiger partial charge on any atom is 0.325 e. The predicted molar refractivity (Wildman–Crippen MR) is 100.0 cm³/mol. The molecule has 1 aliphatic rings. The van der Waals surface area contributed by atoms with Crippen molar-refractivity contribution in [1.29, 1.82) is 0 Å². The molecule has 1 aliphatic heterocycles. The summed E-state index contributed by atoms with van der Waals surface area (Å²) in [5.41, 5.74) is 0.424. The van der Waals surface area contributed by atoms with E-state index in [9.17, 15) is 18.8 Å². The molecule has 27 heavy (non-hydrogen) atoms. The van der Waals surface area contributed by atoms with Gasteiger partial charge in [0, 0.05) is 25.1 Å². The number of halogens is 3. The summed E-state index contributed by atoms with van der Waals surface area (Å²) >= 11 is 11.7. The van der Waals surface area contributed by atoms with Crippen LogP contribution in [0.25, 0.3) is 6.08 Å². The highest BCUT2D eigenvalue weighted by Gasteiger charge is 2.28. The highest BCUT2D eigenvalue weighted by molar-refractivity contribution is 6.43. The number of aliphatic carboxylic acids is 1. The highest BCUT2D eigenvalue weighted by Crippen LogP contribution is 2.29.